The lowest BCUT2D eigenvalue weighted by Crippen LogP contribution is -2.56. The molecule has 1 aromatic carbocycles. The van der Waals surface area contributed by atoms with Crippen LogP contribution in [0.25, 0.3) is 0 Å². The molecule has 2 rings (SSSR count). The number of nitrogens with zero attached hydrogens (tertiary/aromatic N) is 1. The molecule has 0 unspecified atom stereocenters. The lowest BCUT2D eigenvalue weighted by atomic mass is 9.98. The molecule has 7 nitrogen and oxygen atoms in total. The Bertz CT molecular complexity index is 913. The summed E-state index contributed by atoms with van der Waals surface area (Å²) in [5.74, 6) is -0.540. The van der Waals surface area contributed by atoms with Gasteiger partial charge in [-0.3, -0.25) is 10.1 Å². The molecule has 0 amide bonds. The average molecular weight is 508 g/mol. The molecular weight excluding hydrogens is 466 g/mol. The van der Waals surface area contributed by atoms with Crippen LogP contribution in [0.3, 0.4) is 0 Å². The number of carbonyl (C=O) groups excluding carboxylic acids is 1. The zero-order chi connectivity index (χ0) is 26.1. The van der Waals surface area contributed by atoms with E-state index in [9.17, 15) is 14.9 Å². The van der Waals surface area contributed by atoms with Gasteiger partial charge in [0, 0.05) is 12.1 Å². The SMILES string of the molecule is CC(C)(C)[Si](C)(C)O[C@@H]1[C@@H](OC(=O)c2ccc([N+](=O)[O-])cc2)C=CC[C@H]1O[Si](C)(C)C(C)(C)C. The van der Waals surface area contributed by atoms with Gasteiger partial charge in [0.1, 0.15) is 12.2 Å². The molecule has 1 aromatic rings. The summed E-state index contributed by atoms with van der Waals surface area (Å²) in [4.78, 5) is 23.4. The normalized spacial score (nSPS) is 21.9. The Labute approximate surface area is 206 Å². The minimum atomic E-state index is -2.21. The maximum absolute atomic E-state index is 13.0. The van der Waals surface area contributed by atoms with Crippen molar-refractivity contribution >= 4 is 28.3 Å². The molecule has 0 saturated heterocycles. The van der Waals surface area contributed by atoms with Gasteiger partial charge < -0.3 is 13.6 Å². The number of carbonyl (C=O) groups is 1. The number of hydrogen-bond acceptors (Lipinski definition) is 6. The van der Waals surface area contributed by atoms with Gasteiger partial charge in [0.15, 0.2) is 16.6 Å². The first kappa shape index (κ1) is 28.4. The average Bonchev–Trinajstić information content (AvgIpc) is 2.68. The van der Waals surface area contributed by atoms with Crippen molar-refractivity contribution in [2.75, 3.05) is 0 Å². The highest BCUT2D eigenvalue weighted by atomic mass is 28.4. The zero-order valence-electron chi connectivity index (χ0n) is 22.3. The van der Waals surface area contributed by atoms with E-state index in [1.165, 1.54) is 24.3 Å². The van der Waals surface area contributed by atoms with Crippen LogP contribution in [0, 0.1) is 10.1 Å². The highest BCUT2D eigenvalue weighted by molar-refractivity contribution is 6.74. The number of non-ortho nitro benzene ring substituents is 1. The van der Waals surface area contributed by atoms with Gasteiger partial charge in [-0.1, -0.05) is 47.6 Å². The molecule has 0 aliphatic heterocycles. The maximum atomic E-state index is 13.0. The lowest BCUT2D eigenvalue weighted by Gasteiger charge is -2.47. The molecule has 0 bridgehead atoms. The van der Waals surface area contributed by atoms with Crippen molar-refractivity contribution < 1.29 is 23.3 Å². The Morgan fingerprint density at radius 2 is 1.44 bits per heavy atom. The molecule has 1 aliphatic carbocycles. The van der Waals surface area contributed by atoms with Gasteiger partial charge in [-0.2, -0.15) is 0 Å². The third-order valence-electron chi connectivity index (χ3n) is 7.43. The second-order valence-corrected chi connectivity index (χ2v) is 21.6. The topological polar surface area (TPSA) is 87.9 Å². The number of hydrogen-bond donors (Lipinski definition) is 0. The standard InChI is InChI=1S/C25H41NO6Si2/c1-24(2,3)33(7,8)31-21-13-11-12-20(22(21)32-34(9,10)25(4,5)6)30-23(27)18-14-16-19(17-15-18)26(28)29/h11-12,14-17,20-22H,13H2,1-10H3/t20-,21+,22+/m0/s1. The second kappa shape index (κ2) is 10.0. The minimum Gasteiger partial charge on any atom is -0.452 e. The fourth-order valence-electron chi connectivity index (χ4n) is 3.15. The van der Waals surface area contributed by atoms with Crippen molar-refractivity contribution in [1.29, 1.82) is 0 Å². The number of ether oxygens (including phenoxy) is 1. The number of nitro groups is 1. The number of benzene rings is 1. The summed E-state index contributed by atoms with van der Waals surface area (Å²) >= 11 is 0. The third-order valence-corrected chi connectivity index (χ3v) is 16.4. The molecule has 190 valence electrons. The second-order valence-electron chi connectivity index (χ2n) is 12.1. The van der Waals surface area contributed by atoms with Gasteiger partial charge in [0.25, 0.3) is 5.69 Å². The first-order chi connectivity index (χ1) is 15.4. The van der Waals surface area contributed by atoms with E-state index < -0.39 is 39.7 Å². The van der Waals surface area contributed by atoms with Crippen molar-refractivity contribution in [1.82, 2.24) is 0 Å². The summed E-state index contributed by atoms with van der Waals surface area (Å²) in [6.45, 7) is 21.9. The number of rotatable bonds is 7. The van der Waals surface area contributed by atoms with Crippen LogP contribution < -0.4 is 0 Å². The summed E-state index contributed by atoms with van der Waals surface area (Å²) in [5.41, 5.74) is 0.189. The number of nitro benzene ring substituents is 1. The zero-order valence-corrected chi connectivity index (χ0v) is 24.3. The summed E-state index contributed by atoms with van der Waals surface area (Å²) in [5, 5.41) is 10.9. The lowest BCUT2D eigenvalue weighted by molar-refractivity contribution is -0.384. The molecule has 0 radical (unpaired) electrons. The molecule has 0 saturated carbocycles. The highest BCUT2D eigenvalue weighted by Crippen LogP contribution is 2.42. The Balaban J connectivity index is 2.35. The minimum absolute atomic E-state index is 0.0252. The smallest absolute Gasteiger partial charge is 0.338 e. The van der Waals surface area contributed by atoms with Crippen molar-refractivity contribution in [2.24, 2.45) is 0 Å². The molecule has 3 atom stereocenters. The summed E-state index contributed by atoms with van der Waals surface area (Å²) in [6.07, 6.45) is 3.30. The highest BCUT2D eigenvalue weighted by Gasteiger charge is 2.47. The molecular formula is C25H41NO6Si2. The Morgan fingerprint density at radius 3 is 1.91 bits per heavy atom. The van der Waals surface area contributed by atoms with E-state index in [1.54, 1.807) is 0 Å². The molecule has 34 heavy (non-hydrogen) atoms. The Morgan fingerprint density at radius 1 is 0.941 bits per heavy atom. The van der Waals surface area contributed by atoms with Crippen LogP contribution >= 0.6 is 0 Å². The number of esters is 1. The van der Waals surface area contributed by atoms with E-state index in [2.05, 4.69) is 67.7 Å². The molecule has 1 aliphatic rings. The molecule has 0 N–H and O–H groups in total. The van der Waals surface area contributed by atoms with E-state index in [-0.39, 0.29) is 27.4 Å². The van der Waals surface area contributed by atoms with E-state index in [1.807, 2.05) is 12.2 Å². The van der Waals surface area contributed by atoms with E-state index in [0.717, 1.165) is 0 Å². The van der Waals surface area contributed by atoms with Crippen molar-refractivity contribution in [3.05, 3.63) is 52.1 Å². The van der Waals surface area contributed by atoms with Crippen LogP contribution in [0.5, 0.6) is 0 Å². The maximum Gasteiger partial charge on any atom is 0.338 e. The quantitative estimate of drug-likeness (QED) is 0.132. The first-order valence-electron chi connectivity index (χ1n) is 11.8. The van der Waals surface area contributed by atoms with Gasteiger partial charge in [-0.05, 0) is 60.9 Å². The first-order valence-corrected chi connectivity index (χ1v) is 17.7. The molecule has 9 heteroatoms. The van der Waals surface area contributed by atoms with Crippen LogP contribution in [-0.4, -0.2) is 45.8 Å². The predicted octanol–water partition coefficient (Wildman–Crippen LogP) is 6.86. The molecule has 0 fully saturated rings. The fourth-order valence-corrected chi connectivity index (χ4v) is 5.81. The molecule has 0 heterocycles. The van der Waals surface area contributed by atoms with Gasteiger partial charge in [-0.15, -0.1) is 0 Å². The van der Waals surface area contributed by atoms with Crippen LogP contribution in [-0.2, 0) is 13.6 Å². The molecule has 0 spiro atoms. The summed E-state index contributed by atoms with van der Waals surface area (Å²) in [6, 6.07) is 5.45. The van der Waals surface area contributed by atoms with Crippen LogP contribution in [0.4, 0.5) is 5.69 Å². The van der Waals surface area contributed by atoms with Crippen molar-refractivity contribution in [2.45, 2.75) is 103 Å². The van der Waals surface area contributed by atoms with E-state index >= 15 is 0 Å². The monoisotopic (exact) mass is 507 g/mol. The summed E-state index contributed by atoms with van der Waals surface area (Å²) in [7, 11) is -4.32. The Hall–Kier alpha value is -1.82. The van der Waals surface area contributed by atoms with Gasteiger partial charge in [0.2, 0.25) is 0 Å². The predicted molar refractivity (Wildman–Crippen MR) is 140 cm³/mol. The van der Waals surface area contributed by atoms with Gasteiger partial charge in [-0.25, -0.2) is 4.79 Å². The van der Waals surface area contributed by atoms with Crippen LogP contribution in [0.1, 0.15) is 58.3 Å². The van der Waals surface area contributed by atoms with Gasteiger partial charge >= 0.3 is 5.97 Å². The van der Waals surface area contributed by atoms with Gasteiger partial charge in [0.05, 0.1) is 16.6 Å². The molecule has 0 aromatic heterocycles. The Kier molecular flexibility index (Phi) is 8.40. The van der Waals surface area contributed by atoms with Crippen LogP contribution in [0.15, 0.2) is 36.4 Å². The van der Waals surface area contributed by atoms with Crippen molar-refractivity contribution in [3.63, 3.8) is 0 Å². The fraction of sp³-hybridized carbons (Fsp3) is 0.640. The third kappa shape index (κ3) is 6.65. The van der Waals surface area contributed by atoms with Crippen LogP contribution in [0.2, 0.25) is 36.3 Å². The summed E-state index contributed by atoms with van der Waals surface area (Å²) < 4.78 is 19.5. The largest absolute Gasteiger partial charge is 0.452 e. The van der Waals surface area contributed by atoms with E-state index in [0.29, 0.717) is 6.42 Å². The van der Waals surface area contributed by atoms with E-state index in [4.69, 9.17) is 13.6 Å². The van der Waals surface area contributed by atoms with Crippen molar-refractivity contribution in [3.8, 4) is 0 Å².